The van der Waals surface area contributed by atoms with Crippen LogP contribution >= 0.6 is 0 Å². The molecule has 3 heterocycles. The maximum Gasteiger partial charge on any atom is 0.242 e. The Morgan fingerprint density at radius 2 is 1.96 bits per heavy atom. The summed E-state index contributed by atoms with van der Waals surface area (Å²) in [6, 6.07) is 7.83. The number of anilines is 1. The predicted octanol–water partition coefficient (Wildman–Crippen LogP) is 0.962. The minimum atomic E-state index is -0.204. The lowest BCUT2D eigenvalue weighted by molar-refractivity contribution is -0.132. The van der Waals surface area contributed by atoms with Gasteiger partial charge in [-0.05, 0) is 23.8 Å². The van der Waals surface area contributed by atoms with E-state index in [4.69, 9.17) is 0 Å². The van der Waals surface area contributed by atoms with Crippen molar-refractivity contribution in [2.24, 2.45) is 0 Å². The van der Waals surface area contributed by atoms with E-state index in [1.54, 1.807) is 23.5 Å². The van der Waals surface area contributed by atoms with Crippen molar-refractivity contribution < 1.29 is 9.59 Å². The number of pyridine rings is 2. The Hall–Kier alpha value is -2.96. The average molecular weight is 339 g/mol. The van der Waals surface area contributed by atoms with Gasteiger partial charge in [-0.1, -0.05) is 6.07 Å². The number of fused-ring (bicyclic) bond motifs is 1. The van der Waals surface area contributed by atoms with E-state index in [9.17, 15) is 9.59 Å². The minimum absolute atomic E-state index is 0.0231. The highest BCUT2D eigenvalue weighted by Gasteiger charge is 2.23. The summed E-state index contributed by atoms with van der Waals surface area (Å²) in [5.74, 6) is 0.606. The standard InChI is InChI=1S/C18H21N5O2/c1-14(24)21-11-17(25)22-9-10-23(12-15-4-7-19-8-5-15)18-16(13-22)3-2-6-20-18/h2-8H,9-13H2,1H3,(H,21,24). The van der Waals surface area contributed by atoms with E-state index >= 15 is 0 Å². The van der Waals surface area contributed by atoms with Crippen molar-refractivity contribution in [2.45, 2.75) is 20.0 Å². The summed E-state index contributed by atoms with van der Waals surface area (Å²) < 4.78 is 0. The van der Waals surface area contributed by atoms with E-state index in [0.29, 0.717) is 26.2 Å². The Balaban J connectivity index is 1.78. The van der Waals surface area contributed by atoms with Gasteiger partial charge in [-0.2, -0.15) is 0 Å². The summed E-state index contributed by atoms with van der Waals surface area (Å²) in [4.78, 5) is 36.0. The van der Waals surface area contributed by atoms with Crippen LogP contribution in [0.15, 0.2) is 42.9 Å². The molecule has 0 atom stereocenters. The fraction of sp³-hybridized carbons (Fsp3) is 0.333. The number of rotatable bonds is 4. The molecule has 0 fully saturated rings. The third-order valence-corrected chi connectivity index (χ3v) is 4.13. The molecule has 25 heavy (non-hydrogen) atoms. The van der Waals surface area contributed by atoms with Crippen molar-refractivity contribution in [1.82, 2.24) is 20.2 Å². The van der Waals surface area contributed by atoms with Crippen molar-refractivity contribution in [3.8, 4) is 0 Å². The Kier molecular flexibility index (Phi) is 5.23. The Morgan fingerprint density at radius 1 is 1.16 bits per heavy atom. The van der Waals surface area contributed by atoms with E-state index in [-0.39, 0.29) is 18.4 Å². The molecule has 1 N–H and O–H groups in total. The molecule has 7 nitrogen and oxygen atoms in total. The second-order valence-corrected chi connectivity index (χ2v) is 5.99. The van der Waals surface area contributed by atoms with Crippen LogP contribution in [0.25, 0.3) is 0 Å². The van der Waals surface area contributed by atoms with E-state index < -0.39 is 0 Å². The molecule has 2 aromatic rings. The Bertz CT molecular complexity index is 750. The molecule has 0 aliphatic carbocycles. The molecular formula is C18H21N5O2. The number of nitrogens with one attached hydrogen (secondary N) is 1. The minimum Gasteiger partial charge on any atom is -0.350 e. The molecule has 1 aliphatic heterocycles. The van der Waals surface area contributed by atoms with Gasteiger partial charge in [0, 0.05) is 57.3 Å². The number of aromatic nitrogens is 2. The SMILES string of the molecule is CC(=O)NCC(=O)N1CCN(Cc2ccncc2)c2ncccc2C1. The van der Waals surface area contributed by atoms with Crippen LogP contribution in [0.1, 0.15) is 18.1 Å². The number of hydrogen-bond acceptors (Lipinski definition) is 5. The topological polar surface area (TPSA) is 78.4 Å². The summed E-state index contributed by atoms with van der Waals surface area (Å²) in [5, 5.41) is 2.57. The normalized spacial score (nSPS) is 13.8. The van der Waals surface area contributed by atoms with E-state index in [0.717, 1.165) is 16.9 Å². The van der Waals surface area contributed by atoms with Gasteiger partial charge in [0.2, 0.25) is 11.8 Å². The van der Waals surface area contributed by atoms with E-state index in [2.05, 4.69) is 20.2 Å². The molecule has 2 aromatic heterocycles. The first kappa shape index (κ1) is 16.9. The fourth-order valence-electron chi connectivity index (χ4n) is 2.86. The van der Waals surface area contributed by atoms with Crippen molar-refractivity contribution >= 4 is 17.6 Å². The van der Waals surface area contributed by atoms with Crippen molar-refractivity contribution in [1.29, 1.82) is 0 Å². The molecule has 0 bridgehead atoms. The lowest BCUT2D eigenvalue weighted by atomic mass is 10.2. The quantitative estimate of drug-likeness (QED) is 0.898. The zero-order valence-corrected chi connectivity index (χ0v) is 14.2. The summed E-state index contributed by atoms with van der Waals surface area (Å²) >= 11 is 0. The van der Waals surface area contributed by atoms with Gasteiger partial charge in [0.1, 0.15) is 5.82 Å². The molecule has 0 spiro atoms. The monoisotopic (exact) mass is 339 g/mol. The van der Waals surface area contributed by atoms with Crippen LogP contribution in [0.3, 0.4) is 0 Å². The highest BCUT2D eigenvalue weighted by Crippen LogP contribution is 2.24. The van der Waals surface area contributed by atoms with Crippen molar-refractivity contribution in [3.05, 3.63) is 54.0 Å². The predicted molar refractivity (Wildman–Crippen MR) is 93.6 cm³/mol. The second-order valence-electron chi connectivity index (χ2n) is 5.99. The summed E-state index contributed by atoms with van der Waals surface area (Å²) in [6.45, 7) is 3.90. The van der Waals surface area contributed by atoms with Crippen LogP contribution in [-0.2, 0) is 22.7 Å². The second kappa shape index (κ2) is 7.74. The molecule has 2 amide bonds. The van der Waals surface area contributed by atoms with Gasteiger partial charge >= 0.3 is 0 Å². The molecule has 0 unspecified atom stereocenters. The molecule has 0 saturated carbocycles. The summed E-state index contributed by atoms with van der Waals surface area (Å²) in [6.07, 6.45) is 5.32. The molecule has 7 heteroatoms. The van der Waals surface area contributed by atoms with E-state index in [1.807, 2.05) is 24.3 Å². The largest absolute Gasteiger partial charge is 0.350 e. The third-order valence-electron chi connectivity index (χ3n) is 4.13. The average Bonchev–Trinajstić information content (AvgIpc) is 2.80. The van der Waals surface area contributed by atoms with Gasteiger partial charge in [-0.25, -0.2) is 4.98 Å². The van der Waals surface area contributed by atoms with Crippen LogP contribution < -0.4 is 10.2 Å². The Labute approximate surface area is 146 Å². The fourth-order valence-corrected chi connectivity index (χ4v) is 2.86. The van der Waals surface area contributed by atoms with Crippen LogP contribution in [0.2, 0.25) is 0 Å². The first-order chi connectivity index (χ1) is 12.1. The van der Waals surface area contributed by atoms with Gasteiger partial charge in [0.15, 0.2) is 0 Å². The molecule has 0 saturated heterocycles. The number of amides is 2. The Morgan fingerprint density at radius 3 is 2.72 bits per heavy atom. The van der Waals surface area contributed by atoms with Gasteiger partial charge in [-0.15, -0.1) is 0 Å². The zero-order chi connectivity index (χ0) is 17.6. The molecule has 0 radical (unpaired) electrons. The summed E-state index contributed by atoms with van der Waals surface area (Å²) in [5.41, 5.74) is 2.15. The smallest absolute Gasteiger partial charge is 0.242 e. The van der Waals surface area contributed by atoms with Crippen LogP contribution in [0, 0.1) is 0 Å². The highest BCUT2D eigenvalue weighted by atomic mass is 16.2. The maximum absolute atomic E-state index is 12.4. The van der Waals surface area contributed by atoms with Crippen molar-refractivity contribution in [2.75, 3.05) is 24.5 Å². The maximum atomic E-state index is 12.4. The van der Waals surface area contributed by atoms with Gasteiger partial charge in [0.05, 0.1) is 6.54 Å². The molecule has 0 aromatic carbocycles. The lowest BCUT2D eigenvalue weighted by Gasteiger charge is -2.24. The lowest BCUT2D eigenvalue weighted by Crippen LogP contribution is -2.41. The number of nitrogens with zero attached hydrogens (tertiary/aromatic N) is 4. The van der Waals surface area contributed by atoms with Gasteiger partial charge < -0.3 is 15.1 Å². The van der Waals surface area contributed by atoms with Crippen LogP contribution in [0.5, 0.6) is 0 Å². The first-order valence-electron chi connectivity index (χ1n) is 8.23. The highest BCUT2D eigenvalue weighted by molar-refractivity contribution is 5.83. The zero-order valence-electron chi connectivity index (χ0n) is 14.2. The molecule has 1 aliphatic rings. The first-order valence-corrected chi connectivity index (χ1v) is 8.23. The molecule has 3 rings (SSSR count). The van der Waals surface area contributed by atoms with Crippen LogP contribution in [-0.4, -0.2) is 46.3 Å². The number of carbonyl (C=O) groups excluding carboxylic acids is 2. The number of hydrogen-bond donors (Lipinski definition) is 1. The van der Waals surface area contributed by atoms with Gasteiger partial charge in [-0.3, -0.25) is 14.6 Å². The van der Waals surface area contributed by atoms with Crippen molar-refractivity contribution in [3.63, 3.8) is 0 Å². The summed E-state index contributed by atoms with van der Waals surface area (Å²) in [7, 11) is 0. The van der Waals surface area contributed by atoms with E-state index in [1.165, 1.54) is 6.92 Å². The van der Waals surface area contributed by atoms with Crippen LogP contribution in [0.4, 0.5) is 5.82 Å². The number of carbonyl (C=O) groups is 2. The molecule has 130 valence electrons. The molecular weight excluding hydrogens is 318 g/mol. The third kappa shape index (κ3) is 4.32. The van der Waals surface area contributed by atoms with Gasteiger partial charge in [0.25, 0.3) is 0 Å².